The molecule has 8 aromatic rings. The third kappa shape index (κ3) is 25.6. The molecule has 0 atom stereocenters. The number of rotatable bonds is 32. The number of nitrogens with one attached hydrogen (secondary N) is 4. The Morgan fingerprint density at radius 1 is 0.398 bits per heavy atom. The van der Waals surface area contributed by atoms with Crippen molar-refractivity contribution in [1.82, 2.24) is 8.61 Å². The monoisotopic (exact) mass is 1700 g/mol. The Labute approximate surface area is 774 Å². The molecule has 2 aliphatic carbocycles. The molecule has 0 bridgehead atoms. The van der Waals surface area contributed by atoms with Crippen LogP contribution in [0.15, 0.2) is 192 Å². The van der Waals surface area contributed by atoms with Crippen molar-refractivity contribution in [2.24, 2.45) is 11.8 Å². The molecular weight excluding hydrogens is 1600 g/mol. The second-order valence-electron chi connectivity index (χ2n) is 29.7. The molecule has 612 valence electrons. The van der Waals surface area contributed by atoms with E-state index in [0.29, 0.717) is 88.4 Å². The number of nitrogens with zero attached hydrogens (tertiary/aromatic N) is 4. The van der Waals surface area contributed by atoms with Gasteiger partial charge in [-0.2, -0.15) is 8.61 Å². The van der Waals surface area contributed by atoms with Gasteiger partial charge in [-0.15, -0.1) is 0 Å². The van der Waals surface area contributed by atoms with E-state index < -0.39 is 91.5 Å². The molecule has 0 radical (unpaired) electrons. The molecule has 12 rings (SSSR count). The van der Waals surface area contributed by atoms with Crippen LogP contribution in [0.2, 0.25) is 0 Å². The predicted octanol–water partition coefficient (Wildman–Crippen LogP) is 5.23. The molecule has 0 spiro atoms. The van der Waals surface area contributed by atoms with E-state index in [9.17, 15) is 75.6 Å². The molecular formula is C88H98K2N8O18S2. The number of carboxylic acids is 4. The number of hydrogen-bond donors (Lipinski definition) is 6. The average Bonchev–Trinajstić information content (AvgIpc) is 0.788. The zero-order valence-electron chi connectivity index (χ0n) is 67.0. The van der Waals surface area contributed by atoms with Crippen LogP contribution in [0.25, 0.3) is 0 Å². The molecule has 26 nitrogen and oxygen atoms in total. The first kappa shape index (κ1) is 94.0. The molecule has 2 heterocycles. The largest absolute Gasteiger partial charge is 1.00 e. The summed E-state index contributed by atoms with van der Waals surface area (Å²) < 4.78 is 69.5. The Balaban J connectivity index is 0.000000265. The van der Waals surface area contributed by atoms with E-state index >= 15 is 0 Å². The van der Waals surface area contributed by atoms with Crippen molar-refractivity contribution in [1.29, 1.82) is 0 Å². The third-order valence-corrected chi connectivity index (χ3v) is 25.9. The second kappa shape index (κ2) is 45.1. The molecule has 2 saturated carbocycles. The number of carboxylic acid groups (broad SMARTS) is 4. The summed E-state index contributed by atoms with van der Waals surface area (Å²) in [5, 5.41) is 52.7. The molecule has 6 N–H and O–H groups in total. The van der Waals surface area contributed by atoms with Gasteiger partial charge >= 0.3 is 115 Å². The number of carbonyl (C=O) groups is 8. The average molecular weight is 1700 g/mol. The summed E-state index contributed by atoms with van der Waals surface area (Å²) in [6.45, 7) is 3.82. The number of methoxy groups -OCH3 is 2. The molecule has 2 aliphatic heterocycles. The molecule has 0 unspecified atom stereocenters. The summed E-state index contributed by atoms with van der Waals surface area (Å²) in [6.07, 6.45) is 12.2. The second-order valence-corrected chi connectivity index (χ2v) is 33.5. The van der Waals surface area contributed by atoms with E-state index in [1.807, 2.05) is 36.4 Å². The fourth-order valence-corrected chi connectivity index (χ4v) is 18.7. The third-order valence-electron chi connectivity index (χ3n) is 22.0. The van der Waals surface area contributed by atoms with Crippen LogP contribution in [0.3, 0.4) is 0 Å². The number of hydrogen-bond acceptors (Lipinski definition) is 18. The first-order chi connectivity index (χ1) is 55.8. The number of piperidine rings is 2. The Morgan fingerprint density at radius 3 is 1.03 bits per heavy atom. The molecule has 2 saturated heterocycles. The fourth-order valence-electron chi connectivity index (χ4n) is 15.3. The minimum Gasteiger partial charge on any atom is -0.545 e. The number of benzene rings is 8. The first-order valence-corrected chi connectivity index (χ1v) is 42.2. The standard InChI is InChI=1S/2C44H50N4O9S.2K/c2*1-57-27-26-48(36-20-16-33(17-21-36)44(53)54)58(55,56)38-7-5-6-34(28-38)41(49)46-40-23-22-37(47-24-3-2-4-25-47)29-39(40)42(50)45-35-18-12-31(13-19-35)9-8-30-10-14-32(15-11-30)43(51)52;;/h2*5-7,10-15,18-19,22-23,28-29,33,36H,2-4,8-9,16-17,20-21,24-27H2,1H3,(H,45,50)(H,46,49)(H,51,52)(H,53,54);;/q;;2*+1/p-2. The van der Waals surface area contributed by atoms with E-state index in [1.54, 1.807) is 72.8 Å². The van der Waals surface area contributed by atoms with Crippen molar-refractivity contribution in [2.75, 3.05) is 97.8 Å². The fraction of sp³-hybridized carbons (Fsp3) is 0.364. The zero-order valence-corrected chi connectivity index (χ0v) is 74.9. The number of aromatic carboxylic acids is 2. The van der Waals surface area contributed by atoms with Gasteiger partial charge in [0.1, 0.15) is 0 Å². The summed E-state index contributed by atoms with van der Waals surface area (Å²) in [4.78, 5) is 105. The van der Waals surface area contributed by atoms with Crippen LogP contribution in [0.4, 0.5) is 34.1 Å². The van der Waals surface area contributed by atoms with Gasteiger partial charge in [-0.25, -0.2) is 16.8 Å². The number of anilines is 6. The molecule has 30 heteroatoms. The molecule has 8 aromatic carbocycles. The number of carbonyl (C=O) groups excluding carboxylic acids is 6. The van der Waals surface area contributed by atoms with Crippen LogP contribution in [-0.4, -0.2) is 162 Å². The van der Waals surface area contributed by atoms with Crippen molar-refractivity contribution >= 4 is 102 Å². The van der Waals surface area contributed by atoms with Gasteiger partial charge in [0, 0.05) is 99.4 Å². The van der Waals surface area contributed by atoms with Crippen molar-refractivity contribution in [3.05, 3.63) is 238 Å². The number of aliphatic carboxylic acids is 2. The molecule has 4 fully saturated rings. The Hall–Kier alpha value is -7.87. The van der Waals surface area contributed by atoms with Crippen LogP contribution < -0.4 is 144 Å². The van der Waals surface area contributed by atoms with Gasteiger partial charge in [-0.3, -0.25) is 28.8 Å². The normalized spacial score (nSPS) is 16.8. The predicted molar refractivity (Wildman–Crippen MR) is 437 cm³/mol. The number of sulfonamides is 2. The molecule has 4 amide bonds. The van der Waals surface area contributed by atoms with Crippen molar-refractivity contribution in [3.8, 4) is 0 Å². The van der Waals surface area contributed by atoms with E-state index in [1.165, 1.54) is 95.6 Å². The van der Waals surface area contributed by atoms with Crippen LogP contribution in [0.5, 0.6) is 0 Å². The van der Waals surface area contributed by atoms with E-state index in [-0.39, 0.29) is 184 Å². The maximum Gasteiger partial charge on any atom is 1.00 e. The summed E-state index contributed by atoms with van der Waals surface area (Å²) in [6, 6.07) is 49.4. The van der Waals surface area contributed by atoms with Crippen molar-refractivity contribution < 1.29 is 188 Å². The summed E-state index contributed by atoms with van der Waals surface area (Å²) >= 11 is 0. The van der Waals surface area contributed by atoms with E-state index in [4.69, 9.17) is 9.47 Å². The summed E-state index contributed by atoms with van der Waals surface area (Å²) in [5.41, 5.74) is 8.27. The van der Waals surface area contributed by atoms with Crippen molar-refractivity contribution in [2.45, 2.75) is 137 Å². The minimum absolute atomic E-state index is 0. The van der Waals surface area contributed by atoms with Gasteiger partial charge in [0.25, 0.3) is 23.6 Å². The smallest absolute Gasteiger partial charge is 0.545 e. The van der Waals surface area contributed by atoms with E-state index in [0.717, 1.165) is 98.3 Å². The van der Waals surface area contributed by atoms with Crippen molar-refractivity contribution in [3.63, 3.8) is 0 Å². The Morgan fingerprint density at radius 2 is 0.720 bits per heavy atom. The van der Waals surface area contributed by atoms with Crippen LogP contribution >= 0.6 is 0 Å². The Kier molecular flexibility index (Phi) is 36.0. The van der Waals surface area contributed by atoms with Crippen LogP contribution in [-0.2, 0) is 64.8 Å². The van der Waals surface area contributed by atoms with Gasteiger partial charge in [0.05, 0.1) is 69.3 Å². The maximum absolute atomic E-state index is 14.1. The first-order valence-electron chi connectivity index (χ1n) is 39.3. The summed E-state index contributed by atoms with van der Waals surface area (Å²) in [7, 11) is -5.25. The van der Waals surface area contributed by atoms with E-state index in [2.05, 4.69) is 31.1 Å². The number of amides is 4. The quantitative estimate of drug-likeness (QED) is 0.0294. The number of aryl methyl sites for hydroxylation is 4. The maximum atomic E-state index is 14.1. The van der Waals surface area contributed by atoms with Gasteiger partial charge in [0.15, 0.2) is 0 Å². The molecule has 4 aliphatic rings. The van der Waals surface area contributed by atoms with Gasteiger partial charge in [-0.1, -0.05) is 84.9 Å². The summed E-state index contributed by atoms with van der Waals surface area (Å²) in [5.74, 6) is -7.27. The van der Waals surface area contributed by atoms with Gasteiger partial charge in [0.2, 0.25) is 20.0 Å². The van der Waals surface area contributed by atoms with Gasteiger partial charge < -0.3 is 70.6 Å². The topological polar surface area (TPSA) is 371 Å². The SMILES string of the molecule is COCCN(C1CCC(C(=O)O)CC1)S(=O)(=O)c1cccc(C(=O)Nc2ccc(N3CCCCC3)cc2C(=O)Nc2ccc(CCc3ccc(C(=O)[O-])cc3)cc2)c1.COCCN(C1CCC(C(=O)O)CC1)S(=O)(=O)c1cccc(C(=O)Nc2ccc(N3CCCCC3)cc2C(=O)Nc2ccc(CCc3ccc(C(=O)[O-])cc3)cc2)c1.[K+].[K+]. The molecule has 118 heavy (non-hydrogen) atoms. The van der Waals surface area contributed by atoms with Crippen LogP contribution in [0, 0.1) is 11.8 Å². The minimum atomic E-state index is -4.10. The van der Waals surface area contributed by atoms with Crippen LogP contribution in [0.1, 0.15) is 174 Å². The zero-order chi connectivity index (χ0) is 82.5. The molecule has 0 aromatic heterocycles. The number of ether oxygens (including phenoxy) is 2. The Bertz CT molecular complexity index is 4720. The van der Waals surface area contributed by atoms with Gasteiger partial charge in [-0.05, 0) is 246 Å².